The van der Waals surface area contributed by atoms with E-state index in [1.54, 1.807) is 25.6 Å². The zero-order chi connectivity index (χ0) is 12.3. The molecule has 0 aliphatic carbocycles. The summed E-state index contributed by atoms with van der Waals surface area (Å²) in [6.07, 6.45) is 5.15. The average Bonchev–Trinajstić information content (AvgIpc) is 2.32. The zero-order valence-corrected chi connectivity index (χ0v) is 9.84. The van der Waals surface area contributed by atoms with Crippen LogP contribution in [0.2, 0.25) is 0 Å². The summed E-state index contributed by atoms with van der Waals surface area (Å²) < 4.78 is 1.41. The quantitative estimate of drug-likeness (QED) is 0.855. The van der Waals surface area contributed by atoms with Crippen molar-refractivity contribution in [3.63, 3.8) is 0 Å². The van der Waals surface area contributed by atoms with Crippen LogP contribution in [0.5, 0.6) is 0 Å². The summed E-state index contributed by atoms with van der Waals surface area (Å²) in [6.45, 7) is 2.41. The van der Waals surface area contributed by atoms with E-state index in [4.69, 9.17) is 0 Å². The summed E-state index contributed by atoms with van der Waals surface area (Å²) >= 11 is 0. The number of aromatic nitrogens is 3. The summed E-state index contributed by atoms with van der Waals surface area (Å²) in [7, 11) is 1.76. The maximum atomic E-state index is 11.7. The molecule has 2 aromatic heterocycles. The van der Waals surface area contributed by atoms with Gasteiger partial charge in [-0.25, -0.2) is 4.68 Å². The predicted octanol–water partition coefficient (Wildman–Crippen LogP) is 1.04. The van der Waals surface area contributed by atoms with Crippen molar-refractivity contribution in [3.8, 4) is 0 Å². The van der Waals surface area contributed by atoms with Crippen molar-refractivity contribution in [1.82, 2.24) is 14.8 Å². The number of nitrogens with zero attached hydrogens (tertiary/aromatic N) is 3. The van der Waals surface area contributed by atoms with Crippen molar-refractivity contribution < 1.29 is 0 Å². The molecule has 0 spiro atoms. The van der Waals surface area contributed by atoms with E-state index in [2.05, 4.69) is 15.4 Å². The molecule has 2 aromatic rings. The molecule has 0 fully saturated rings. The van der Waals surface area contributed by atoms with Gasteiger partial charge in [0, 0.05) is 25.5 Å². The Morgan fingerprint density at radius 3 is 2.76 bits per heavy atom. The van der Waals surface area contributed by atoms with Crippen LogP contribution in [-0.4, -0.2) is 21.8 Å². The second-order valence-electron chi connectivity index (χ2n) is 3.86. The predicted molar refractivity (Wildman–Crippen MR) is 66.1 cm³/mol. The first-order valence-electron chi connectivity index (χ1n) is 5.34. The van der Waals surface area contributed by atoms with Crippen LogP contribution >= 0.6 is 0 Å². The number of hydrogen-bond acceptors (Lipinski definition) is 4. The molecule has 0 bridgehead atoms. The van der Waals surface area contributed by atoms with Gasteiger partial charge in [0.05, 0.1) is 18.4 Å². The Labute approximate surface area is 99.1 Å². The van der Waals surface area contributed by atoms with Gasteiger partial charge in [0.1, 0.15) is 0 Å². The number of rotatable bonds is 3. The van der Waals surface area contributed by atoms with E-state index in [1.807, 2.05) is 13.0 Å². The minimum absolute atomic E-state index is 0.127. The molecule has 0 aliphatic heterocycles. The van der Waals surface area contributed by atoms with Gasteiger partial charge in [0.25, 0.3) is 5.56 Å². The van der Waals surface area contributed by atoms with Crippen LogP contribution in [0, 0.1) is 6.92 Å². The lowest BCUT2D eigenvalue weighted by Crippen LogP contribution is -2.22. The van der Waals surface area contributed by atoms with Crippen LogP contribution in [0.15, 0.2) is 35.5 Å². The van der Waals surface area contributed by atoms with Crippen molar-refractivity contribution >= 4 is 5.69 Å². The van der Waals surface area contributed by atoms with Gasteiger partial charge in [-0.15, -0.1) is 0 Å². The SMILES string of the molecule is CNc1cnn(Cc2cncc(C)c2)c(=O)c1. The monoisotopic (exact) mass is 230 g/mol. The van der Waals surface area contributed by atoms with E-state index in [1.165, 1.54) is 10.7 Å². The standard InChI is InChI=1S/C12H14N4O/c1-9-3-10(6-14-5-9)8-16-12(17)4-11(13-2)7-15-16/h3-7,13H,8H2,1-2H3. The molecule has 0 aliphatic rings. The van der Waals surface area contributed by atoms with Gasteiger partial charge in [-0.1, -0.05) is 6.07 Å². The Kier molecular flexibility index (Phi) is 3.18. The first-order chi connectivity index (χ1) is 8.19. The lowest BCUT2D eigenvalue weighted by atomic mass is 10.2. The van der Waals surface area contributed by atoms with Gasteiger partial charge in [-0.2, -0.15) is 5.10 Å². The van der Waals surface area contributed by atoms with Crippen LogP contribution in [0.25, 0.3) is 0 Å². The molecular formula is C12H14N4O. The summed E-state index contributed by atoms with van der Waals surface area (Å²) in [6, 6.07) is 3.52. The lowest BCUT2D eigenvalue weighted by Gasteiger charge is -2.06. The van der Waals surface area contributed by atoms with Crippen molar-refractivity contribution in [2.45, 2.75) is 13.5 Å². The van der Waals surface area contributed by atoms with E-state index in [0.717, 1.165) is 11.1 Å². The second-order valence-corrected chi connectivity index (χ2v) is 3.86. The molecule has 5 nitrogen and oxygen atoms in total. The third-order valence-corrected chi connectivity index (χ3v) is 2.42. The van der Waals surface area contributed by atoms with Crippen molar-refractivity contribution in [2.24, 2.45) is 0 Å². The smallest absolute Gasteiger partial charge is 0.269 e. The van der Waals surface area contributed by atoms with Crippen molar-refractivity contribution in [1.29, 1.82) is 0 Å². The maximum Gasteiger partial charge on any atom is 0.269 e. The minimum atomic E-state index is -0.127. The Morgan fingerprint density at radius 2 is 2.12 bits per heavy atom. The molecule has 0 atom stereocenters. The Morgan fingerprint density at radius 1 is 1.29 bits per heavy atom. The molecule has 88 valence electrons. The Balaban J connectivity index is 2.27. The van der Waals surface area contributed by atoms with E-state index >= 15 is 0 Å². The highest BCUT2D eigenvalue weighted by Gasteiger charge is 2.01. The number of pyridine rings is 1. The van der Waals surface area contributed by atoms with Crippen molar-refractivity contribution in [3.05, 3.63) is 52.2 Å². The van der Waals surface area contributed by atoms with Gasteiger partial charge in [0.2, 0.25) is 0 Å². The number of aryl methyl sites for hydroxylation is 1. The van der Waals surface area contributed by atoms with Gasteiger partial charge in [0.15, 0.2) is 0 Å². The topological polar surface area (TPSA) is 59.8 Å². The summed E-state index contributed by atoms with van der Waals surface area (Å²) in [5, 5.41) is 6.97. The highest BCUT2D eigenvalue weighted by atomic mass is 16.1. The third kappa shape index (κ3) is 2.69. The van der Waals surface area contributed by atoms with Gasteiger partial charge < -0.3 is 5.32 Å². The van der Waals surface area contributed by atoms with Gasteiger partial charge in [-0.05, 0) is 18.1 Å². The molecule has 0 saturated carbocycles. The molecule has 0 radical (unpaired) electrons. The minimum Gasteiger partial charge on any atom is -0.387 e. The van der Waals surface area contributed by atoms with Crippen LogP contribution in [0.4, 0.5) is 5.69 Å². The summed E-state index contributed by atoms with van der Waals surface area (Å²) in [5.74, 6) is 0. The highest BCUT2D eigenvalue weighted by molar-refractivity contribution is 5.37. The Hall–Kier alpha value is -2.17. The molecule has 1 N–H and O–H groups in total. The first kappa shape index (κ1) is 11.3. The summed E-state index contributed by atoms with van der Waals surface area (Å²) in [5.41, 5.74) is 2.63. The fraction of sp³-hybridized carbons (Fsp3) is 0.250. The Bertz CT molecular complexity index is 577. The van der Waals surface area contributed by atoms with Gasteiger partial charge >= 0.3 is 0 Å². The number of nitrogens with one attached hydrogen (secondary N) is 1. The zero-order valence-electron chi connectivity index (χ0n) is 9.84. The summed E-state index contributed by atoms with van der Waals surface area (Å²) in [4.78, 5) is 15.8. The molecule has 0 amide bonds. The average molecular weight is 230 g/mol. The van der Waals surface area contributed by atoms with Crippen LogP contribution < -0.4 is 10.9 Å². The normalized spacial score (nSPS) is 10.2. The molecule has 0 saturated heterocycles. The van der Waals surface area contributed by atoms with Crippen LogP contribution in [0.1, 0.15) is 11.1 Å². The van der Waals surface area contributed by atoms with E-state index in [9.17, 15) is 4.79 Å². The van der Waals surface area contributed by atoms with Crippen molar-refractivity contribution in [2.75, 3.05) is 12.4 Å². The molecular weight excluding hydrogens is 216 g/mol. The molecule has 5 heteroatoms. The van der Waals surface area contributed by atoms with Crippen LogP contribution in [-0.2, 0) is 6.54 Å². The number of anilines is 1. The molecule has 0 unspecified atom stereocenters. The molecule has 2 rings (SSSR count). The first-order valence-corrected chi connectivity index (χ1v) is 5.34. The number of hydrogen-bond donors (Lipinski definition) is 1. The van der Waals surface area contributed by atoms with E-state index in [-0.39, 0.29) is 5.56 Å². The highest BCUT2D eigenvalue weighted by Crippen LogP contribution is 2.03. The third-order valence-electron chi connectivity index (χ3n) is 2.42. The van der Waals surface area contributed by atoms with E-state index in [0.29, 0.717) is 12.2 Å². The molecule has 0 aromatic carbocycles. The fourth-order valence-electron chi connectivity index (χ4n) is 1.57. The largest absolute Gasteiger partial charge is 0.387 e. The fourth-order valence-corrected chi connectivity index (χ4v) is 1.57. The van der Waals surface area contributed by atoms with Crippen LogP contribution in [0.3, 0.4) is 0 Å². The molecule has 17 heavy (non-hydrogen) atoms. The maximum absolute atomic E-state index is 11.7. The van der Waals surface area contributed by atoms with E-state index < -0.39 is 0 Å². The second kappa shape index (κ2) is 4.78. The van der Waals surface area contributed by atoms with Gasteiger partial charge in [-0.3, -0.25) is 9.78 Å². The molecule has 2 heterocycles. The lowest BCUT2D eigenvalue weighted by molar-refractivity contribution is 0.638.